The smallest absolute Gasteiger partial charge is 0.242 e. The quantitative estimate of drug-likeness (QED) is 0.708. The molecule has 0 saturated carbocycles. The lowest BCUT2D eigenvalue weighted by molar-refractivity contribution is -0.140. The Labute approximate surface area is 172 Å². The molecule has 2 aromatic carbocycles. The Morgan fingerprint density at radius 2 is 1.54 bits per heavy atom. The number of hydrogen-bond acceptors (Lipinski definition) is 2. The van der Waals surface area contributed by atoms with Crippen LogP contribution >= 0.6 is 11.6 Å². The van der Waals surface area contributed by atoms with Gasteiger partial charge < -0.3 is 10.2 Å². The number of hydrogen-bond donors (Lipinski definition) is 1. The van der Waals surface area contributed by atoms with E-state index >= 15 is 0 Å². The Balaban J connectivity index is 2.12. The number of carbonyl (C=O) groups excluding carboxylic acids is 2. The van der Waals surface area contributed by atoms with E-state index in [-0.39, 0.29) is 17.9 Å². The lowest BCUT2D eigenvalue weighted by Gasteiger charge is -2.29. The van der Waals surface area contributed by atoms with Crippen LogP contribution in [0.3, 0.4) is 0 Å². The zero-order valence-corrected chi connectivity index (χ0v) is 17.8. The maximum absolute atomic E-state index is 13.0. The number of nitrogens with zero attached hydrogens (tertiary/aromatic N) is 1. The molecule has 2 aromatic rings. The van der Waals surface area contributed by atoms with Crippen LogP contribution in [0.25, 0.3) is 0 Å². The van der Waals surface area contributed by atoms with E-state index in [0.29, 0.717) is 24.4 Å². The number of carbonyl (C=O) groups is 2. The van der Waals surface area contributed by atoms with Gasteiger partial charge >= 0.3 is 0 Å². The van der Waals surface area contributed by atoms with Gasteiger partial charge in [0, 0.05) is 24.0 Å². The van der Waals surface area contributed by atoms with Crippen LogP contribution in [0.5, 0.6) is 0 Å². The fourth-order valence-electron chi connectivity index (χ4n) is 2.92. The first-order valence-corrected chi connectivity index (χ1v) is 10.0. The normalized spacial score (nSPS) is 11.9. The lowest BCUT2D eigenvalue weighted by Crippen LogP contribution is -2.49. The summed E-state index contributed by atoms with van der Waals surface area (Å²) in [7, 11) is 0. The predicted octanol–water partition coefficient (Wildman–Crippen LogP) is 4.52. The van der Waals surface area contributed by atoms with Crippen LogP contribution in [0.15, 0.2) is 48.5 Å². The van der Waals surface area contributed by atoms with Gasteiger partial charge in [-0.05, 0) is 57.4 Å². The van der Waals surface area contributed by atoms with E-state index in [4.69, 9.17) is 11.6 Å². The number of benzene rings is 2. The highest BCUT2D eigenvalue weighted by Gasteiger charge is 2.26. The Bertz CT molecular complexity index is 785. The van der Waals surface area contributed by atoms with E-state index in [1.165, 1.54) is 5.56 Å². The summed E-state index contributed by atoms with van der Waals surface area (Å²) in [4.78, 5) is 27.2. The molecule has 0 heterocycles. The molecule has 5 heteroatoms. The van der Waals surface area contributed by atoms with Crippen LogP contribution in [-0.2, 0) is 22.6 Å². The molecule has 0 bridgehead atoms. The Kier molecular flexibility index (Phi) is 8.06. The van der Waals surface area contributed by atoms with Crippen molar-refractivity contribution in [1.29, 1.82) is 0 Å². The van der Waals surface area contributed by atoms with Crippen LogP contribution in [-0.4, -0.2) is 28.8 Å². The highest BCUT2D eigenvalue weighted by Crippen LogP contribution is 2.16. The minimum atomic E-state index is -0.552. The minimum absolute atomic E-state index is 0.0231. The summed E-state index contributed by atoms with van der Waals surface area (Å²) < 4.78 is 0. The highest BCUT2D eigenvalue weighted by atomic mass is 35.5. The number of amides is 2. The van der Waals surface area contributed by atoms with Gasteiger partial charge in [0.15, 0.2) is 0 Å². The maximum Gasteiger partial charge on any atom is 0.242 e. The van der Waals surface area contributed by atoms with Gasteiger partial charge in [-0.25, -0.2) is 0 Å². The van der Waals surface area contributed by atoms with Crippen LogP contribution in [0.2, 0.25) is 5.02 Å². The fraction of sp³-hybridized carbons (Fsp3) is 0.391. The van der Waals surface area contributed by atoms with Gasteiger partial charge in [-0.15, -0.1) is 0 Å². The molecule has 0 aliphatic carbocycles. The van der Waals surface area contributed by atoms with Crippen LogP contribution in [0, 0.1) is 6.92 Å². The first-order valence-electron chi connectivity index (χ1n) is 9.66. The van der Waals surface area contributed by atoms with Crippen molar-refractivity contribution < 1.29 is 9.59 Å². The van der Waals surface area contributed by atoms with Crippen molar-refractivity contribution in [3.63, 3.8) is 0 Å². The molecule has 1 N–H and O–H groups in total. The summed E-state index contributed by atoms with van der Waals surface area (Å²) in [5, 5.41) is 3.54. The summed E-state index contributed by atoms with van der Waals surface area (Å²) in [6, 6.07) is 15.0. The van der Waals surface area contributed by atoms with Crippen molar-refractivity contribution in [2.24, 2.45) is 0 Å². The van der Waals surface area contributed by atoms with Gasteiger partial charge in [-0.3, -0.25) is 9.59 Å². The molecule has 0 saturated heterocycles. The second-order valence-electron chi connectivity index (χ2n) is 7.47. The van der Waals surface area contributed by atoms with Gasteiger partial charge in [0.2, 0.25) is 11.8 Å². The van der Waals surface area contributed by atoms with Gasteiger partial charge in [-0.2, -0.15) is 0 Å². The van der Waals surface area contributed by atoms with E-state index in [0.717, 1.165) is 11.1 Å². The highest BCUT2D eigenvalue weighted by molar-refractivity contribution is 6.30. The molecule has 2 amide bonds. The predicted molar refractivity (Wildman–Crippen MR) is 114 cm³/mol. The molecule has 2 rings (SSSR count). The summed E-state index contributed by atoms with van der Waals surface area (Å²) in [5.41, 5.74) is 3.25. The maximum atomic E-state index is 13.0. The topological polar surface area (TPSA) is 49.4 Å². The average molecular weight is 401 g/mol. The van der Waals surface area contributed by atoms with Crippen LogP contribution < -0.4 is 5.32 Å². The van der Waals surface area contributed by atoms with Crippen molar-refractivity contribution in [3.8, 4) is 0 Å². The van der Waals surface area contributed by atoms with Gasteiger partial charge in [-0.1, -0.05) is 53.6 Å². The molecule has 0 unspecified atom stereocenters. The number of rotatable bonds is 8. The third kappa shape index (κ3) is 6.68. The van der Waals surface area contributed by atoms with E-state index in [9.17, 15) is 9.59 Å². The third-order valence-electron chi connectivity index (χ3n) is 4.61. The van der Waals surface area contributed by atoms with E-state index < -0.39 is 6.04 Å². The van der Waals surface area contributed by atoms with Crippen molar-refractivity contribution in [2.45, 2.75) is 59.2 Å². The zero-order valence-electron chi connectivity index (χ0n) is 17.0. The number of halogens is 1. The minimum Gasteiger partial charge on any atom is -0.352 e. The van der Waals surface area contributed by atoms with Crippen molar-refractivity contribution in [2.75, 3.05) is 0 Å². The molecule has 28 heavy (non-hydrogen) atoms. The molecule has 1 atom stereocenters. The molecule has 0 aliphatic rings. The fourth-order valence-corrected chi connectivity index (χ4v) is 3.05. The van der Waals surface area contributed by atoms with E-state index in [2.05, 4.69) is 5.32 Å². The summed E-state index contributed by atoms with van der Waals surface area (Å²) >= 11 is 5.97. The zero-order chi connectivity index (χ0) is 20.7. The van der Waals surface area contributed by atoms with Crippen LogP contribution in [0.1, 0.15) is 43.9 Å². The standard InChI is InChI=1S/C23H29ClN2O2/c1-16(2)25-23(28)18(4)26(15-20-9-12-21(24)13-10-20)22(27)14-11-19-7-5-17(3)6-8-19/h5-10,12-13,16,18H,11,14-15H2,1-4H3,(H,25,28)/t18-/m0/s1. The Hall–Kier alpha value is -2.33. The monoisotopic (exact) mass is 400 g/mol. The van der Waals surface area contributed by atoms with E-state index in [1.54, 1.807) is 24.0 Å². The molecular formula is C23H29ClN2O2. The lowest BCUT2D eigenvalue weighted by atomic mass is 10.1. The molecule has 4 nitrogen and oxygen atoms in total. The van der Waals surface area contributed by atoms with Crippen molar-refractivity contribution >= 4 is 23.4 Å². The summed E-state index contributed by atoms with van der Waals surface area (Å²) in [6.45, 7) is 8.01. The third-order valence-corrected chi connectivity index (χ3v) is 4.86. The molecule has 0 fully saturated rings. The second kappa shape index (κ2) is 10.3. The SMILES string of the molecule is Cc1ccc(CCC(=O)N(Cc2ccc(Cl)cc2)[C@@H](C)C(=O)NC(C)C)cc1. The number of nitrogens with one attached hydrogen (secondary N) is 1. The first kappa shape index (κ1) is 22.0. The molecule has 150 valence electrons. The first-order chi connectivity index (χ1) is 13.3. The van der Waals surface area contributed by atoms with Gasteiger partial charge in [0.05, 0.1) is 0 Å². The van der Waals surface area contributed by atoms with Gasteiger partial charge in [0.25, 0.3) is 0 Å². The van der Waals surface area contributed by atoms with Crippen LogP contribution in [0.4, 0.5) is 0 Å². The Morgan fingerprint density at radius 1 is 0.964 bits per heavy atom. The van der Waals surface area contributed by atoms with Crippen molar-refractivity contribution in [1.82, 2.24) is 10.2 Å². The molecule has 0 spiro atoms. The molecular weight excluding hydrogens is 372 g/mol. The van der Waals surface area contributed by atoms with Crippen molar-refractivity contribution in [3.05, 3.63) is 70.2 Å². The summed E-state index contributed by atoms with van der Waals surface area (Å²) in [6.07, 6.45) is 1.00. The molecule has 0 radical (unpaired) electrons. The van der Waals surface area contributed by atoms with E-state index in [1.807, 2.05) is 57.2 Å². The molecule has 0 aliphatic heterocycles. The Morgan fingerprint density at radius 3 is 2.11 bits per heavy atom. The average Bonchev–Trinajstić information content (AvgIpc) is 2.65. The summed E-state index contributed by atoms with van der Waals surface area (Å²) in [5.74, 6) is -0.186. The molecule has 0 aromatic heterocycles. The largest absolute Gasteiger partial charge is 0.352 e. The second-order valence-corrected chi connectivity index (χ2v) is 7.91. The number of aryl methyl sites for hydroxylation is 2. The van der Waals surface area contributed by atoms with Gasteiger partial charge in [0.1, 0.15) is 6.04 Å².